The Kier molecular flexibility index (Phi) is 29.4. The van der Waals surface area contributed by atoms with E-state index in [4.69, 9.17) is 69.8 Å². The summed E-state index contributed by atoms with van der Waals surface area (Å²) < 4.78 is 109. The summed E-state index contributed by atoms with van der Waals surface area (Å²) in [4.78, 5) is 49.2. The molecule has 0 spiro atoms. The van der Waals surface area contributed by atoms with Gasteiger partial charge in [0, 0.05) is 22.0 Å². The third-order valence-corrected chi connectivity index (χ3v) is 17.9. The number of esters is 2. The van der Waals surface area contributed by atoms with Gasteiger partial charge in [-0.05, 0) is 61.4 Å². The standard InChI is InChI=1S/C30H38FN6O8P.C18H23ClNO4P.C12H16FN5O4.C4H9.ClH.Mg/c1-17(26(38)42-15-29(2,3)4)36-46(40,45-20-13-9-11-18-10-7-8-12-19(18)20)43-14-21-23(31)30(5,39)27(44-21)37-16-33-22-24(37)34-28(32)35-25(22)41-6;1-13(17(21)23-12-18(2,3)4)20-25(19,22)24-16-11-7-9-14-8-5-6-10-15(14)16;1-12(20)7(13)5(3-19)22-10(12)18-4-15-6-8(18)16-11(14)17-9(6)21-2;1-3-4-2;;/h7-13,16-17,21,23,27,39H,14-15H2,1-6H3,(H,36,40)(H2,32,34,35);5-11,13H,12H2,1-4H3,(H,20,22);4-5,7,10,19-20H,3H2,1-2H3,(H2,14,16,17);1,3-4H2,2H3;1H;/q;;;-1;;+2/p-1/t17-,21+,23+,27?,30+,46?;13-,25?;5-,7-,10?,12-;;;/m001.../s1. The summed E-state index contributed by atoms with van der Waals surface area (Å²) in [7, 11) is -1.64. The number of nitrogens with two attached hydrogens (primary N) is 2. The number of unbranched alkanes of at least 4 members (excludes halogenated alkanes) is 1. The molecule has 0 bridgehead atoms. The molecule has 2 aliphatic heterocycles. The van der Waals surface area contributed by atoms with E-state index in [2.05, 4.69) is 53.9 Å². The molecule has 0 radical (unpaired) electrons. The molecular formula is C64H86Cl2F2MgN12O16P2. The van der Waals surface area contributed by atoms with Crippen LogP contribution in [0.25, 0.3) is 43.9 Å². The minimum Gasteiger partial charge on any atom is -1.00 e. The number of carbonyl (C=O) groups is 2. The third kappa shape index (κ3) is 21.1. The van der Waals surface area contributed by atoms with Gasteiger partial charge in [-0.3, -0.25) is 23.2 Å². The number of aliphatic hydroxyl groups excluding tert-OH is 1. The van der Waals surface area contributed by atoms with E-state index in [0.717, 1.165) is 22.6 Å². The SMILES string of the molecule is COc1nc(N)nc2c1ncn2C1O[C@H](CO)[C@@H](F)[C@@]1(C)O.COc1nc(N)nc2c1ncn2C1O[C@H](COP(=O)(N[C@@H](C)C(=O)OCC(C)(C)C)Oc2cccc3ccccc23)[C@@H](F)[C@@]1(C)O.C[C@H](NP(=O)(Cl)Oc1cccc2ccccc12)C(=O)OCC(C)(C)C.[CH2-]CCC.[Cl-].[Mg+2]. The Hall–Kier alpha value is -6.41. The Bertz CT molecular complexity index is 4100. The first-order valence-electron chi connectivity index (χ1n) is 30.8. The number of carbonyl (C=O) groups excluding carboxylic acids is 2. The van der Waals surface area contributed by atoms with Crippen LogP contribution >= 0.6 is 25.9 Å². The Morgan fingerprint density at radius 2 is 1.09 bits per heavy atom. The van der Waals surface area contributed by atoms with Gasteiger partial charge in [-0.25, -0.2) is 33.0 Å². The number of aromatic nitrogens is 8. The quantitative estimate of drug-likeness (QED) is 0.0163. The Balaban J connectivity index is 0.000000281. The fraction of sp³-hybridized carbons (Fsp3) is 0.484. The normalized spacial score (nSPS) is 22.3. The summed E-state index contributed by atoms with van der Waals surface area (Å²) in [5, 5.41) is 39.1. The maximum atomic E-state index is 15.8. The number of nitrogens with zero attached hydrogens (tertiary/aromatic N) is 8. The van der Waals surface area contributed by atoms with Crippen LogP contribution in [0.15, 0.2) is 97.6 Å². The Morgan fingerprint density at radius 3 is 1.49 bits per heavy atom. The molecule has 9 N–H and O–H groups in total. The monoisotopic (exact) mass is 1470 g/mol. The molecule has 4 aromatic heterocycles. The van der Waals surface area contributed by atoms with Crippen molar-refractivity contribution in [1.29, 1.82) is 0 Å². The average molecular weight is 1470 g/mol. The van der Waals surface area contributed by atoms with E-state index >= 15 is 4.39 Å². The molecular weight excluding hydrogens is 1390 g/mol. The molecule has 10 rings (SSSR count). The average Bonchev–Trinajstić information content (AvgIpc) is 1.59. The van der Waals surface area contributed by atoms with Gasteiger partial charge in [0.1, 0.15) is 47.0 Å². The maximum Gasteiger partial charge on any atom is 2.00 e. The van der Waals surface area contributed by atoms with Gasteiger partial charge in [0.25, 0.3) is 0 Å². The van der Waals surface area contributed by atoms with Crippen molar-refractivity contribution >= 4 is 117 Å². The van der Waals surface area contributed by atoms with Crippen LogP contribution < -0.4 is 52.6 Å². The second-order valence-electron chi connectivity index (χ2n) is 25.6. The molecule has 2 saturated heterocycles. The van der Waals surface area contributed by atoms with E-state index < -0.39 is 100 Å². The van der Waals surface area contributed by atoms with Crippen molar-refractivity contribution in [3.05, 3.63) is 105 Å². The van der Waals surface area contributed by atoms with Crippen molar-refractivity contribution in [3.63, 3.8) is 0 Å². The summed E-state index contributed by atoms with van der Waals surface area (Å²) in [6, 6.07) is 23.3. The van der Waals surface area contributed by atoms with Gasteiger partial charge in [-0.15, -0.1) is 0 Å². The van der Waals surface area contributed by atoms with Crippen LogP contribution in [0.3, 0.4) is 0 Å². The van der Waals surface area contributed by atoms with Crippen LogP contribution in [-0.2, 0) is 42.2 Å². The molecule has 8 aromatic rings. The van der Waals surface area contributed by atoms with Crippen molar-refractivity contribution in [3.8, 4) is 23.3 Å². The summed E-state index contributed by atoms with van der Waals surface area (Å²) >= 11 is 6.01. The first-order chi connectivity index (χ1) is 45.5. The number of nitrogen functional groups attached to an aromatic ring is 2. The first-order valence-corrected chi connectivity index (χ1v) is 34.9. The van der Waals surface area contributed by atoms with E-state index in [-0.39, 0.29) is 106 Å². The van der Waals surface area contributed by atoms with Crippen LogP contribution in [0.2, 0.25) is 0 Å². The number of anilines is 2. The Labute approximate surface area is 599 Å². The van der Waals surface area contributed by atoms with Gasteiger partial charge in [-0.1, -0.05) is 128 Å². The molecule has 12 atom stereocenters. The zero-order chi connectivity index (χ0) is 71.6. The van der Waals surface area contributed by atoms with Gasteiger partial charge in [0.05, 0.1) is 53.3 Å². The van der Waals surface area contributed by atoms with Crippen LogP contribution in [0.5, 0.6) is 23.3 Å². The molecule has 0 aliphatic carbocycles. The smallest absolute Gasteiger partial charge is 1.00 e. The number of aliphatic hydroxyl groups is 3. The fourth-order valence-electron chi connectivity index (χ4n) is 9.66. The molecule has 28 nitrogen and oxygen atoms in total. The Morgan fingerprint density at radius 1 is 0.697 bits per heavy atom. The molecule has 6 heterocycles. The van der Waals surface area contributed by atoms with Crippen molar-refractivity contribution in [2.75, 3.05) is 52.1 Å². The number of benzene rings is 4. The van der Waals surface area contributed by atoms with Gasteiger partial charge < -0.3 is 83.6 Å². The van der Waals surface area contributed by atoms with Crippen LogP contribution in [0.4, 0.5) is 20.7 Å². The van der Waals surface area contributed by atoms with Crippen LogP contribution in [0.1, 0.15) is 101 Å². The van der Waals surface area contributed by atoms with Crippen molar-refractivity contribution in [2.45, 2.75) is 149 Å². The first kappa shape index (κ1) is 83.2. The summed E-state index contributed by atoms with van der Waals surface area (Å²) in [5.41, 5.74) is 7.89. The minimum absolute atomic E-state index is 0. The van der Waals surface area contributed by atoms with Gasteiger partial charge in [0.15, 0.2) is 47.1 Å². The zero-order valence-corrected chi connectivity index (χ0v) is 62.0. The summed E-state index contributed by atoms with van der Waals surface area (Å²) in [6.45, 7) is 18.2. The second kappa shape index (κ2) is 35.0. The largest absolute Gasteiger partial charge is 2.00 e. The predicted molar refractivity (Wildman–Crippen MR) is 367 cm³/mol. The van der Waals surface area contributed by atoms with Gasteiger partial charge >= 0.3 is 49.6 Å². The second-order valence-corrected chi connectivity index (χ2v) is 30.1. The van der Waals surface area contributed by atoms with Gasteiger partial charge in [0.2, 0.25) is 23.7 Å². The number of ether oxygens (including phenoxy) is 6. The van der Waals surface area contributed by atoms with Crippen LogP contribution in [-0.4, -0.2) is 178 Å². The maximum absolute atomic E-state index is 15.8. The molecule has 0 saturated carbocycles. The molecule has 538 valence electrons. The predicted octanol–water partition coefficient (Wildman–Crippen LogP) is 7.10. The molecule has 2 aliphatic rings. The summed E-state index contributed by atoms with van der Waals surface area (Å²) in [5.74, 6) is -0.566. The fourth-order valence-corrected chi connectivity index (χ4v) is 12.9. The number of imidazole rings is 2. The molecule has 2 fully saturated rings. The third-order valence-electron chi connectivity index (χ3n) is 14.7. The van der Waals surface area contributed by atoms with E-state index in [1.807, 2.05) is 90.1 Å². The zero-order valence-electron chi connectivity index (χ0n) is 57.3. The molecule has 4 aromatic carbocycles. The van der Waals surface area contributed by atoms with Gasteiger partial charge in [-0.2, -0.15) is 31.4 Å². The molecule has 0 amide bonds. The number of alkyl halides is 2. The molecule has 99 heavy (non-hydrogen) atoms. The summed E-state index contributed by atoms with van der Waals surface area (Å²) in [6.07, 6.45) is -3.95. The van der Waals surface area contributed by atoms with Crippen molar-refractivity contribution in [2.24, 2.45) is 10.8 Å². The van der Waals surface area contributed by atoms with E-state index in [9.17, 15) is 33.3 Å². The molecule has 35 heteroatoms. The number of hydrogen-bond donors (Lipinski definition) is 7. The van der Waals surface area contributed by atoms with Crippen molar-refractivity contribution < 1.29 is 97.2 Å². The number of methoxy groups -OCH3 is 2. The van der Waals surface area contributed by atoms with Crippen molar-refractivity contribution in [1.82, 2.24) is 49.2 Å². The number of halogens is 4. The number of nitrogens with one attached hydrogen (secondary N) is 2. The van der Waals surface area contributed by atoms with E-state index in [1.165, 1.54) is 70.1 Å². The minimum atomic E-state index is -4.43. The van der Waals surface area contributed by atoms with E-state index in [1.54, 1.807) is 36.4 Å². The number of hydrogen-bond acceptors (Lipinski definition) is 24. The van der Waals surface area contributed by atoms with Crippen LogP contribution in [0, 0.1) is 17.8 Å². The number of rotatable bonds is 21. The van der Waals surface area contributed by atoms with E-state index in [0.29, 0.717) is 16.7 Å². The number of fused-ring (bicyclic) bond motifs is 4. The molecule has 4 unspecified atom stereocenters. The topological polar surface area (TPSA) is 375 Å².